The molecular formula is C17H15F4N3O3. The van der Waals surface area contributed by atoms with Crippen molar-refractivity contribution in [3.63, 3.8) is 0 Å². The van der Waals surface area contributed by atoms with Gasteiger partial charge in [0.1, 0.15) is 5.82 Å². The van der Waals surface area contributed by atoms with Gasteiger partial charge in [-0.2, -0.15) is 18.3 Å². The fraction of sp³-hybridized carbons (Fsp3) is 0.353. The molecule has 1 N–H and O–H groups in total. The van der Waals surface area contributed by atoms with Gasteiger partial charge in [-0.1, -0.05) is 0 Å². The lowest BCUT2D eigenvalue weighted by Gasteiger charge is -2.18. The minimum atomic E-state index is -4.72. The molecule has 1 amide bonds. The van der Waals surface area contributed by atoms with E-state index in [1.807, 2.05) is 0 Å². The molecule has 1 aromatic heterocycles. The minimum Gasteiger partial charge on any atom is -0.481 e. The highest BCUT2D eigenvalue weighted by Crippen LogP contribution is 2.38. The molecule has 1 fully saturated rings. The van der Waals surface area contributed by atoms with Gasteiger partial charge < -0.3 is 10.0 Å². The number of benzene rings is 1. The van der Waals surface area contributed by atoms with Crippen LogP contribution >= 0.6 is 0 Å². The van der Waals surface area contributed by atoms with Gasteiger partial charge in [0.2, 0.25) is 0 Å². The Balaban J connectivity index is 1.83. The van der Waals surface area contributed by atoms with Crippen LogP contribution < -0.4 is 0 Å². The zero-order valence-electron chi connectivity index (χ0n) is 14.1. The largest absolute Gasteiger partial charge is 0.481 e. The minimum absolute atomic E-state index is 0.120. The fourth-order valence-corrected chi connectivity index (χ4v) is 3.16. The normalized spacial score (nSPS) is 20.1. The summed E-state index contributed by atoms with van der Waals surface area (Å²) in [6.07, 6.45) is -3.29. The first kappa shape index (κ1) is 18.9. The van der Waals surface area contributed by atoms with Crippen molar-refractivity contribution in [1.82, 2.24) is 14.7 Å². The summed E-state index contributed by atoms with van der Waals surface area (Å²) in [4.78, 5) is 24.5. The Hall–Kier alpha value is -2.91. The predicted molar refractivity (Wildman–Crippen MR) is 84.8 cm³/mol. The standard InChI is InChI=1S/C17H15F4N3O3/c1-9-6-10(18)2-3-14(9)24-5-4-13(22-24)15(25)23-7-11(16(26)27)12(8-23)17(19,20)21/h2-6,11-12H,7-8H2,1H3,(H,26,27)/t11-,12-/m1/s1. The number of halogens is 4. The maximum absolute atomic E-state index is 13.2. The quantitative estimate of drug-likeness (QED) is 0.825. The van der Waals surface area contributed by atoms with Gasteiger partial charge in [0, 0.05) is 19.3 Å². The van der Waals surface area contributed by atoms with E-state index in [1.165, 1.54) is 35.1 Å². The molecule has 6 nitrogen and oxygen atoms in total. The Morgan fingerprint density at radius 1 is 1.22 bits per heavy atom. The first-order chi connectivity index (χ1) is 12.6. The van der Waals surface area contributed by atoms with Gasteiger partial charge >= 0.3 is 12.1 Å². The molecule has 2 aromatic rings. The zero-order valence-corrected chi connectivity index (χ0v) is 14.1. The number of carboxylic acid groups (broad SMARTS) is 1. The molecule has 1 aromatic carbocycles. The van der Waals surface area contributed by atoms with Crippen molar-refractivity contribution in [2.45, 2.75) is 13.1 Å². The number of carbonyl (C=O) groups is 2. The monoisotopic (exact) mass is 385 g/mol. The number of nitrogens with zero attached hydrogens (tertiary/aromatic N) is 3. The van der Waals surface area contributed by atoms with Crippen LogP contribution in [0.5, 0.6) is 0 Å². The van der Waals surface area contributed by atoms with Gasteiger partial charge in [0.15, 0.2) is 5.69 Å². The maximum Gasteiger partial charge on any atom is 0.394 e. The molecule has 1 saturated heterocycles. The second kappa shape index (κ2) is 6.67. The second-order valence-electron chi connectivity index (χ2n) is 6.38. The van der Waals surface area contributed by atoms with Crippen LogP contribution in [0.25, 0.3) is 5.69 Å². The van der Waals surface area contributed by atoms with Gasteiger partial charge in [-0.25, -0.2) is 9.07 Å². The van der Waals surface area contributed by atoms with Crippen molar-refractivity contribution in [3.05, 3.63) is 47.5 Å². The van der Waals surface area contributed by atoms with Crippen molar-refractivity contribution in [3.8, 4) is 5.69 Å². The third kappa shape index (κ3) is 3.64. The SMILES string of the molecule is Cc1cc(F)ccc1-n1ccc(C(=O)N2C[C@@H](C(F)(F)F)[C@H](C(=O)O)C2)n1. The summed E-state index contributed by atoms with van der Waals surface area (Å²) in [7, 11) is 0. The molecule has 0 bridgehead atoms. The summed E-state index contributed by atoms with van der Waals surface area (Å²) in [6.45, 7) is 0.371. The van der Waals surface area contributed by atoms with Crippen molar-refractivity contribution >= 4 is 11.9 Å². The molecule has 1 aliphatic rings. The van der Waals surface area contributed by atoms with E-state index < -0.39 is 48.8 Å². The molecule has 2 atom stereocenters. The molecule has 27 heavy (non-hydrogen) atoms. The topological polar surface area (TPSA) is 75.4 Å². The molecule has 2 heterocycles. The summed E-state index contributed by atoms with van der Waals surface area (Å²) in [5.74, 6) is -6.66. The van der Waals surface area contributed by atoms with Gasteiger partial charge in [0.25, 0.3) is 5.91 Å². The molecule has 1 aliphatic heterocycles. The van der Waals surface area contributed by atoms with Crippen LogP contribution in [-0.4, -0.2) is 50.9 Å². The highest BCUT2D eigenvalue weighted by Gasteiger charge is 2.53. The van der Waals surface area contributed by atoms with E-state index in [1.54, 1.807) is 6.92 Å². The number of hydrogen-bond acceptors (Lipinski definition) is 3. The van der Waals surface area contributed by atoms with E-state index in [0.29, 0.717) is 11.3 Å². The van der Waals surface area contributed by atoms with Crippen molar-refractivity contribution in [2.75, 3.05) is 13.1 Å². The molecule has 10 heteroatoms. The van der Waals surface area contributed by atoms with Crippen LogP contribution in [0.1, 0.15) is 16.1 Å². The third-order valence-corrected chi connectivity index (χ3v) is 4.56. The van der Waals surface area contributed by atoms with E-state index in [4.69, 9.17) is 5.11 Å². The van der Waals surface area contributed by atoms with Crippen LogP contribution in [0.4, 0.5) is 17.6 Å². The van der Waals surface area contributed by atoms with E-state index in [2.05, 4.69) is 5.10 Å². The molecule has 0 aliphatic carbocycles. The third-order valence-electron chi connectivity index (χ3n) is 4.56. The number of hydrogen-bond donors (Lipinski definition) is 1. The summed E-state index contributed by atoms with van der Waals surface area (Å²) < 4.78 is 53.7. The number of aryl methyl sites for hydroxylation is 1. The van der Waals surface area contributed by atoms with Crippen LogP contribution in [0.15, 0.2) is 30.5 Å². The Morgan fingerprint density at radius 2 is 1.93 bits per heavy atom. The highest BCUT2D eigenvalue weighted by atomic mass is 19.4. The molecular weight excluding hydrogens is 370 g/mol. The van der Waals surface area contributed by atoms with E-state index in [-0.39, 0.29) is 5.69 Å². The average molecular weight is 385 g/mol. The number of alkyl halides is 3. The van der Waals surface area contributed by atoms with Crippen LogP contribution in [0, 0.1) is 24.6 Å². The summed E-state index contributed by atoms with van der Waals surface area (Å²) in [5, 5.41) is 13.1. The van der Waals surface area contributed by atoms with E-state index in [9.17, 15) is 27.2 Å². The van der Waals surface area contributed by atoms with Gasteiger partial charge in [-0.3, -0.25) is 9.59 Å². The lowest BCUT2D eigenvalue weighted by Crippen LogP contribution is -2.34. The summed E-state index contributed by atoms with van der Waals surface area (Å²) >= 11 is 0. The lowest BCUT2D eigenvalue weighted by molar-refractivity contribution is -0.187. The summed E-state index contributed by atoms with van der Waals surface area (Å²) in [6, 6.07) is 5.28. The molecule has 0 unspecified atom stereocenters. The smallest absolute Gasteiger partial charge is 0.394 e. The number of carbonyl (C=O) groups excluding carboxylic acids is 1. The van der Waals surface area contributed by atoms with E-state index in [0.717, 1.165) is 4.90 Å². The van der Waals surface area contributed by atoms with Crippen LogP contribution in [0.2, 0.25) is 0 Å². The molecule has 144 valence electrons. The fourth-order valence-electron chi connectivity index (χ4n) is 3.16. The Labute approximate surface area is 151 Å². The van der Waals surface area contributed by atoms with Crippen molar-refractivity contribution < 1.29 is 32.3 Å². The zero-order chi connectivity index (χ0) is 19.9. The van der Waals surface area contributed by atoms with Crippen LogP contribution in [-0.2, 0) is 4.79 Å². The first-order valence-electron chi connectivity index (χ1n) is 7.99. The average Bonchev–Trinajstić information content (AvgIpc) is 3.21. The molecule has 0 radical (unpaired) electrons. The number of carboxylic acids is 1. The molecule has 3 rings (SSSR count). The number of aromatic nitrogens is 2. The van der Waals surface area contributed by atoms with E-state index >= 15 is 0 Å². The number of rotatable bonds is 3. The second-order valence-corrected chi connectivity index (χ2v) is 6.38. The first-order valence-corrected chi connectivity index (χ1v) is 7.99. The Kier molecular flexibility index (Phi) is 4.66. The molecule has 0 saturated carbocycles. The van der Waals surface area contributed by atoms with Gasteiger partial charge in [-0.05, 0) is 36.8 Å². The van der Waals surface area contributed by atoms with Crippen LogP contribution in [0.3, 0.4) is 0 Å². The predicted octanol–water partition coefficient (Wildman–Crippen LogP) is 2.65. The van der Waals surface area contributed by atoms with Crippen molar-refractivity contribution in [2.24, 2.45) is 11.8 Å². The maximum atomic E-state index is 13.2. The Morgan fingerprint density at radius 3 is 2.48 bits per heavy atom. The van der Waals surface area contributed by atoms with Gasteiger partial charge in [-0.15, -0.1) is 0 Å². The Bertz CT molecular complexity index is 894. The van der Waals surface area contributed by atoms with Crippen molar-refractivity contribution in [1.29, 1.82) is 0 Å². The number of aliphatic carboxylic acids is 1. The number of likely N-dealkylation sites (tertiary alicyclic amines) is 1. The molecule has 0 spiro atoms. The number of amides is 1. The lowest BCUT2D eigenvalue weighted by atomic mass is 9.96. The highest BCUT2D eigenvalue weighted by molar-refractivity contribution is 5.93. The summed E-state index contributed by atoms with van der Waals surface area (Å²) in [5.41, 5.74) is 0.945. The van der Waals surface area contributed by atoms with Gasteiger partial charge in [0.05, 0.1) is 17.5 Å².